The van der Waals surface area contributed by atoms with Gasteiger partial charge in [0.05, 0.1) is 15.6 Å². The van der Waals surface area contributed by atoms with E-state index < -0.39 is 11.4 Å². The van der Waals surface area contributed by atoms with Crippen LogP contribution in [0, 0.1) is 5.41 Å². The number of halogens is 2. The normalized spacial score (nSPS) is 19.1. The van der Waals surface area contributed by atoms with E-state index in [-0.39, 0.29) is 16.8 Å². The molecule has 8 heteroatoms. The van der Waals surface area contributed by atoms with E-state index in [2.05, 4.69) is 0 Å². The first-order valence-electron chi connectivity index (χ1n) is 7.63. The van der Waals surface area contributed by atoms with E-state index in [1.165, 1.54) is 4.90 Å². The third-order valence-electron chi connectivity index (χ3n) is 4.60. The fourth-order valence-corrected chi connectivity index (χ4v) is 3.28. The molecule has 24 heavy (non-hydrogen) atoms. The molecule has 0 bridgehead atoms. The van der Waals surface area contributed by atoms with Crippen LogP contribution in [0.4, 0.5) is 0 Å². The number of carbonyl (C=O) groups excluding carboxylic acids is 2. The summed E-state index contributed by atoms with van der Waals surface area (Å²) in [6, 6.07) is 4.88. The van der Waals surface area contributed by atoms with Gasteiger partial charge in [0.25, 0.3) is 5.91 Å². The Labute approximate surface area is 148 Å². The van der Waals surface area contributed by atoms with Gasteiger partial charge in [-0.2, -0.15) is 0 Å². The third-order valence-corrected chi connectivity index (χ3v) is 5.42. The molecule has 1 heterocycles. The molecule has 1 aliphatic heterocycles. The smallest absolute Gasteiger partial charge is 0.319 e. The summed E-state index contributed by atoms with van der Waals surface area (Å²) in [4.78, 5) is 39.3. The average Bonchev–Trinajstić information content (AvgIpc) is 3.38. The van der Waals surface area contributed by atoms with Crippen LogP contribution in [0.1, 0.15) is 23.2 Å². The predicted molar refractivity (Wildman–Crippen MR) is 88.2 cm³/mol. The Hall–Kier alpha value is -1.79. The van der Waals surface area contributed by atoms with Gasteiger partial charge in [-0.1, -0.05) is 29.3 Å². The minimum Gasteiger partial charge on any atom is -0.480 e. The van der Waals surface area contributed by atoms with Gasteiger partial charge >= 0.3 is 5.97 Å². The fourth-order valence-electron chi connectivity index (χ4n) is 2.90. The minimum absolute atomic E-state index is 0.213. The summed E-state index contributed by atoms with van der Waals surface area (Å²) in [6.45, 7) is 1.31. The highest BCUT2D eigenvalue weighted by molar-refractivity contribution is 6.43. The summed E-state index contributed by atoms with van der Waals surface area (Å²) in [5.41, 5.74) is -0.907. The van der Waals surface area contributed by atoms with Gasteiger partial charge in [-0.05, 0) is 25.0 Å². The minimum atomic E-state index is -1.23. The summed E-state index contributed by atoms with van der Waals surface area (Å²) in [5, 5.41) is 9.74. The van der Waals surface area contributed by atoms with Crippen LogP contribution in [-0.4, -0.2) is 58.9 Å². The Balaban J connectivity index is 1.65. The van der Waals surface area contributed by atoms with E-state index in [4.69, 9.17) is 23.2 Å². The number of rotatable bonds is 3. The van der Waals surface area contributed by atoms with Crippen LogP contribution in [0.2, 0.25) is 10.0 Å². The van der Waals surface area contributed by atoms with Crippen molar-refractivity contribution in [2.45, 2.75) is 12.8 Å². The molecule has 0 aromatic heterocycles. The lowest BCUT2D eigenvalue weighted by atomic mass is 10.1. The molecule has 0 atom stereocenters. The molecule has 3 rings (SSSR count). The van der Waals surface area contributed by atoms with Gasteiger partial charge in [0, 0.05) is 26.2 Å². The van der Waals surface area contributed by atoms with E-state index in [1.54, 1.807) is 23.1 Å². The van der Waals surface area contributed by atoms with Crippen molar-refractivity contribution in [3.05, 3.63) is 33.8 Å². The fraction of sp³-hybridized carbons (Fsp3) is 0.438. The number of hydrogen-bond donors (Lipinski definition) is 1. The maximum atomic E-state index is 12.6. The Bertz CT molecular complexity index is 710. The lowest BCUT2D eigenvalue weighted by molar-refractivity contribution is -0.154. The highest BCUT2D eigenvalue weighted by atomic mass is 35.5. The highest BCUT2D eigenvalue weighted by Gasteiger charge is 2.58. The lowest BCUT2D eigenvalue weighted by Crippen LogP contribution is -2.53. The number of carboxylic acids is 1. The molecule has 2 fully saturated rings. The molecule has 2 aliphatic rings. The molecule has 1 aromatic carbocycles. The molecule has 1 aliphatic carbocycles. The summed E-state index contributed by atoms with van der Waals surface area (Å²) < 4.78 is 0. The molecular formula is C16H16Cl2N2O4. The van der Waals surface area contributed by atoms with Crippen LogP contribution < -0.4 is 0 Å². The van der Waals surface area contributed by atoms with Gasteiger partial charge in [0.2, 0.25) is 5.91 Å². The number of hydrogen-bond acceptors (Lipinski definition) is 3. The van der Waals surface area contributed by atoms with Gasteiger partial charge in [0.1, 0.15) is 5.41 Å². The quantitative estimate of drug-likeness (QED) is 0.826. The van der Waals surface area contributed by atoms with Crippen LogP contribution in [-0.2, 0) is 9.59 Å². The zero-order valence-electron chi connectivity index (χ0n) is 12.8. The van der Waals surface area contributed by atoms with Crippen LogP contribution in [0.15, 0.2) is 18.2 Å². The van der Waals surface area contributed by atoms with E-state index in [0.29, 0.717) is 49.6 Å². The molecule has 1 saturated carbocycles. The molecule has 0 spiro atoms. The summed E-state index contributed by atoms with van der Waals surface area (Å²) in [5.74, 6) is -1.64. The van der Waals surface area contributed by atoms with Crippen LogP contribution >= 0.6 is 23.2 Å². The van der Waals surface area contributed by atoms with Crippen molar-refractivity contribution in [2.24, 2.45) is 5.41 Å². The van der Waals surface area contributed by atoms with Crippen molar-refractivity contribution >= 4 is 41.0 Å². The van der Waals surface area contributed by atoms with Gasteiger partial charge in [-0.15, -0.1) is 0 Å². The molecule has 128 valence electrons. The molecule has 1 N–H and O–H groups in total. The van der Waals surface area contributed by atoms with Crippen molar-refractivity contribution in [3.8, 4) is 0 Å². The first kappa shape index (κ1) is 17.0. The molecular weight excluding hydrogens is 355 g/mol. The van der Waals surface area contributed by atoms with Crippen molar-refractivity contribution in [1.29, 1.82) is 0 Å². The molecule has 0 unspecified atom stereocenters. The molecule has 0 radical (unpaired) electrons. The van der Waals surface area contributed by atoms with E-state index in [9.17, 15) is 19.5 Å². The Morgan fingerprint density at radius 1 is 1.00 bits per heavy atom. The second-order valence-electron chi connectivity index (χ2n) is 6.07. The van der Waals surface area contributed by atoms with Crippen molar-refractivity contribution in [1.82, 2.24) is 9.80 Å². The molecule has 2 amide bonds. The van der Waals surface area contributed by atoms with Crippen molar-refractivity contribution < 1.29 is 19.5 Å². The van der Waals surface area contributed by atoms with E-state index in [0.717, 1.165) is 0 Å². The van der Waals surface area contributed by atoms with Crippen LogP contribution in [0.25, 0.3) is 0 Å². The first-order chi connectivity index (χ1) is 11.4. The van der Waals surface area contributed by atoms with E-state index in [1.807, 2.05) is 0 Å². The molecule has 6 nitrogen and oxygen atoms in total. The average molecular weight is 371 g/mol. The largest absolute Gasteiger partial charge is 0.480 e. The monoisotopic (exact) mass is 370 g/mol. The number of amides is 2. The van der Waals surface area contributed by atoms with Crippen LogP contribution in [0.3, 0.4) is 0 Å². The Morgan fingerprint density at radius 3 is 2.12 bits per heavy atom. The number of carboxylic acid groups (broad SMARTS) is 1. The standard InChI is InChI=1S/C16H16Cl2N2O4/c17-11-3-1-2-10(12(11)18)13(21)19-6-8-20(9-7-19)14(22)16(4-5-16)15(23)24/h1-3H,4-9H2,(H,23,24). The zero-order chi connectivity index (χ0) is 17.5. The number of carbonyl (C=O) groups is 3. The summed E-state index contributed by atoms with van der Waals surface area (Å²) in [7, 11) is 0. The van der Waals surface area contributed by atoms with Crippen LogP contribution in [0.5, 0.6) is 0 Å². The third kappa shape index (κ3) is 2.84. The number of benzene rings is 1. The van der Waals surface area contributed by atoms with Crippen molar-refractivity contribution in [2.75, 3.05) is 26.2 Å². The summed E-state index contributed by atoms with van der Waals surface area (Å²) in [6.07, 6.45) is 0.775. The zero-order valence-corrected chi connectivity index (χ0v) is 14.3. The Kier molecular flexibility index (Phi) is 4.44. The van der Waals surface area contributed by atoms with E-state index >= 15 is 0 Å². The van der Waals surface area contributed by atoms with Gasteiger partial charge in [-0.3, -0.25) is 14.4 Å². The van der Waals surface area contributed by atoms with Gasteiger partial charge in [-0.25, -0.2) is 0 Å². The molecule has 1 aromatic rings. The second-order valence-corrected chi connectivity index (χ2v) is 6.86. The maximum Gasteiger partial charge on any atom is 0.319 e. The number of piperazine rings is 1. The molecule has 1 saturated heterocycles. The first-order valence-corrected chi connectivity index (χ1v) is 8.38. The SMILES string of the molecule is O=C(c1cccc(Cl)c1Cl)N1CCN(C(=O)C2(C(=O)O)CC2)CC1. The predicted octanol–water partition coefficient (Wildman–Crippen LogP) is 2.14. The lowest BCUT2D eigenvalue weighted by Gasteiger charge is -2.36. The van der Waals surface area contributed by atoms with Crippen molar-refractivity contribution in [3.63, 3.8) is 0 Å². The highest BCUT2D eigenvalue weighted by Crippen LogP contribution is 2.47. The van der Waals surface area contributed by atoms with Gasteiger partial charge in [0.15, 0.2) is 0 Å². The topological polar surface area (TPSA) is 77.9 Å². The number of nitrogens with zero attached hydrogens (tertiary/aromatic N) is 2. The Morgan fingerprint density at radius 2 is 1.58 bits per heavy atom. The summed E-state index contributed by atoms with van der Waals surface area (Å²) >= 11 is 12.0. The second kappa shape index (κ2) is 6.26. The maximum absolute atomic E-state index is 12.6. The van der Waals surface area contributed by atoms with Gasteiger partial charge < -0.3 is 14.9 Å². The number of aliphatic carboxylic acids is 1.